The summed E-state index contributed by atoms with van der Waals surface area (Å²) >= 11 is 0. The molecule has 0 amide bonds. The maximum absolute atomic E-state index is 4.58. The van der Waals surface area contributed by atoms with Gasteiger partial charge >= 0.3 is 0 Å². The quantitative estimate of drug-likeness (QED) is 0.169. The molecule has 4 nitrogen and oxygen atoms in total. The molecule has 0 N–H and O–H groups in total. The third kappa shape index (κ3) is 4.24. The lowest BCUT2D eigenvalue weighted by molar-refractivity contribution is 0.610. The number of hydrogen-bond donors (Lipinski definition) is 0. The van der Waals surface area contributed by atoms with Gasteiger partial charge < -0.3 is 18.3 Å². The summed E-state index contributed by atoms with van der Waals surface area (Å²) in [6.07, 6.45) is 3.98. The molecule has 4 heteroatoms. The first kappa shape index (κ1) is 35.7. The molecule has 0 spiro atoms. The van der Waals surface area contributed by atoms with E-state index in [1.165, 1.54) is 105 Å². The molecule has 0 bridgehead atoms. The van der Waals surface area contributed by atoms with Crippen LogP contribution in [0.3, 0.4) is 0 Å². The molecular weight excluding hydrogens is 777 g/mol. The minimum Gasteiger partial charge on any atom is -0.309 e. The zero-order valence-electron chi connectivity index (χ0n) is 36.4. The van der Waals surface area contributed by atoms with Gasteiger partial charge in [0.05, 0.1) is 55.3 Å². The van der Waals surface area contributed by atoms with E-state index in [-0.39, 0.29) is 10.8 Å². The second-order valence-electron chi connectivity index (χ2n) is 19.1. The van der Waals surface area contributed by atoms with E-state index in [0.29, 0.717) is 0 Å². The van der Waals surface area contributed by atoms with Gasteiger partial charge in [-0.1, -0.05) is 138 Å². The molecule has 0 fully saturated rings. The van der Waals surface area contributed by atoms with Crippen molar-refractivity contribution in [1.29, 1.82) is 0 Å². The molecule has 2 aliphatic rings. The fourth-order valence-corrected chi connectivity index (χ4v) is 12.2. The first-order valence-corrected chi connectivity index (χ1v) is 22.4. The van der Waals surface area contributed by atoms with Gasteiger partial charge in [-0.05, 0) is 95.1 Å². The first-order valence-electron chi connectivity index (χ1n) is 22.4. The summed E-state index contributed by atoms with van der Waals surface area (Å²) in [6, 6.07) is 59.2. The number of para-hydroxylation sites is 5. The van der Waals surface area contributed by atoms with E-state index in [0.717, 1.165) is 27.2 Å². The highest BCUT2D eigenvalue weighted by atomic mass is 15.0. The number of hydrogen-bond acceptors (Lipinski definition) is 0. The van der Waals surface area contributed by atoms with E-state index in [9.17, 15) is 0 Å². The van der Waals surface area contributed by atoms with E-state index < -0.39 is 0 Å². The maximum atomic E-state index is 4.58. The Hall–Kier alpha value is -7.82. The van der Waals surface area contributed by atoms with Gasteiger partial charge in [0.1, 0.15) is 0 Å². The minimum absolute atomic E-state index is 0.336. The summed E-state index contributed by atoms with van der Waals surface area (Å²) in [6.45, 7) is 18.4. The highest BCUT2D eigenvalue weighted by Crippen LogP contribution is 2.54. The molecule has 8 aromatic carbocycles. The molecule has 0 saturated heterocycles. The Morgan fingerprint density at radius 1 is 0.391 bits per heavy atom. The Kier molecular flexibility index (Phi) is 6.70. The lowest BCUT2D eigenvalue weighted by Crippen LogP contribution is -2.31. The average molecular weight is 821 g/mol. The third-order valence-electron chi connectivity index (χ3n) is 15.2. The Labute approximate surface area is 370 Å². The molecule has 0 saturated carbocycles. The lowest BCUT2D eigenvalue weighted by atomic mass is 9.70. The van der Waals surface area contributed by atoms with Crippen molar-refractivity contribution in [3.05, 3.63) is 203 Å². The largest absolute Gasteiger partial charge is 0.309 e. The summed E-state index contributed by atoms with van der Waals surface area (Å²) in [4.78, 5) is 0. The standard InChI is InChI=1S/C60H44N4/c1-7-18-49-35(2)38-19-8-13-24-50(38)61(49)36-29-43-41-22-11-16-27-53(41)63-55-34-46-56(33-45(55)59(3,4)47(31-36)57(43)63)64-54-28-17-12-23-42(54)44-30-37(32-48(58(44)64)60(46,5)6)62-51-25-14-9-20-39(51)40-21-10-15-26-52(40)62/h7-34H,1-2H2,3-6H3/b49-18+. The topological polar surface area (TPSA) is 19.7 Å². The highest BCUT2D eigenvalue weighted by Gasteiger charge is 2.42. The smallest absolute Gasteiger partial charge is 0.0583 e. The molecule has 0 aliphatic carbocycles. The predicted octanol–water partition coefficient (Wildman–Crippen LogP) is 13.6. The van der Waals surface area contributed by atoms with Crippen LogP contribution >= 0.6 is 0 Å². The summed E-state index contributed by atoms with van der Waals surface area (Å²) in [5.74, 6) is 0. The first-order chi connectivity index (χ1) is 31.2. The molecule has 0 atom stereocenters. The summed E-state index contributed by atoms with van der Waals surface area (Å²) in [5, 5.41) is 10.8. The lowest BCUT2D eigenvalue weighted by Gasteiger charge is -2.40. The van der Waals surface area contributed by atoms with Gasteiger partial charge in [0.15, 0.2) is 0 Å². The Balaban J connectivity index is 1.08. The molecular formula is C60H44N4. The highest BCUT2D eigenvalue weighted by molar-refractivity contribution is 6.15. The predicted molar refractivity (Wildman–Crippen MR) is 270 cm³/mol. The van der Waals surface area contributed by atoms with Gasteiger partial charge in [0, 0.05) is 65.1 Å². The molecule has 0 radical (unpaired) electrons. The second-order valence-corrected chi connectivity index (χ2v) is 19.1. The van der Waals surface area contributed by atoms with Crippen molar-refractivity contribution in [3.8, 4) is 22.7 Å². The number of fused-ring (bicyclic) bond motifs is 14. The van der Waals surface area contributed by atoms with Crippen LogP contribution in [0.4, 0.5) is 0 Å². The van der Waals surface area contributed by atoms with Gasteiger partial charge in [-0.3, -0.25) is 0 Å². The number of rotatable bonds is 3. The molecule has 64 heavy (non-hydrogen) atoms. The van der Waals surface area contributed by atoms with Crippen molar-refractivity contribution in [3.63, 3.8) is 0 Å². The van der Waals surface area contributed by atoms with Gasteiger partial charge in [0.25, 0.3) is 0 Å². The van der Waals surface area contributed by atoms with Crippen LogP contribution in [0.1, 0.15) is 49.9 Å². The van der Waals surface area contributed by atoms with Crippen molar-refractivity contribution in [2.45, 2.75) is 38.5 Å². The molecule has 6 heterocycles. The van der Waals surface area contributed by atoms with E-state index in [1.807, 2.05) is 6.08 Å². The van der Waals surface area contributed by atoms with Crippen LogP contribution in [-0.4, -0.2) is 18.3 Å². The zero-order valence-corrected chi connectivity index (χ0v) is 36.4. The van der Waals surface area contributed by atoms with Crippen molar-refractivity contribution >= 4 is 89.0 Å². The summed E-state index contributed by atoms with van der Waals surface area (Å²) in [5.41, 5.74) is 18.1. The van der Waals surface area contributed by atoms with Gasteiger partial charge in [-0.15, -0.1) is 0 Å². The molecule has 4 aromatic heterocycles. The van der Waals surface area contributed by atoms with Crippen molar-refractivity contribution < 1.29 is 0 Å². The van der Waals surface area contributed by atoms with E-state index >= 15 is 0 Å². The third-order valence-corrected chi connectivity index (χ3v) is 15.2. The van der Waals surface area contributed by atoms with E-state index in [2.05, 4.69) is 223 Å². The van der Waals surface area contributed by atoms with Crippen LogP contribution in [0, 0.1) is 0 Å². The van der Waals surface area contributed by atoms with E-state index in [1.54, 1.807) is 0 Å². The van der Waals surface area contributed by atoms with Gasteiger partial charge in [-0.25, -0.2) is 0 Å². The molecule has 14 rings (SSSR count). The van der Waals surface area contributed by atoms with E-state index in [4.69, 9.17) is 0 Å². The number of aromatic nitrogens is 4. The van der Waals surface area contributed by atoms with Gasteiger partial charge in [0.2, 0.25) is 0 Å². The minimum atomic E-state index is -0.353. The Morgan fingerprint density at radius 2 is 0.750 bits per heavy atom. The SMILES string of the molecule is C=C/C=c1\c(=C)c2ccccc2n1-c1cc2c3c(c1)c1ccccc1n3-c1cc3c(cc1C2(C)C)-n1c2ccccc2c2cc(-n4c5ccccc5c5ccccc54)cc(c21)C3(C)C. The molecule has 304 valence electrons. The van der Waals surface area contributed by atoms with Crippen LogP contribution < -0.4 is 10.6 Å². The zero-order chi connectivity index (χ0) is 43.0. The van der Waals surface area contributed by atoms with Gasteiger partial charge in [-0.2, -0.15) is 0 Å². The molecule has 12 aromatic rings. The van der Waals surface area contributed by atoms with Crippen LogP contribution in [0.2, 0.25) is 0 Å². The van der Waals surface area contributed by atoms with Crippen LogP contribution in [0.25, 0.3) is 112 Å². The Morgan fingerprint density at radius 3 is 1.19 bits per heavy atom. The molecule has 0 unspecified atom stereocenters. The second kappa shape index (κ2) is 12.0. The number of nitrogens with zero attached hydrogens (tertiary/aromatic N) is 4. The Bertz CT molecular complexity index is 4180. The fourth-order valence-electron chi connectivity index (χ4n) is 12.2. The normalized spacial score (nSPS) is 15.0. The average Bonchev–Trinajstić information content (AvgIpc) is 4.03. The fraction of sp³-hybridized carbons (Fsp3) is 0.100. The van der Waals surface area contributed by atoms with Crippen LogP contribution in [0.5, 0.6) is 0 Å². The summed E-state index contributed by atoms with van der Waals surface area (Å²) in [7, 11) is 0. The van der Waals surface area contributed by atoms with Crippen LogP contribution in [0.15, 0.2) is 170 Å². The van der Waals surface area contributed by atoms with Crippen LogP contribution in [-0.2, 0) is 10.8 Å². The monoisotopic (exact) mass is 820 g/mol. The van der Waals surface area contributed by atoms with Crippen molar-refractivity contribution in [1.82, 2.24) is 18.3 Å². The van der Waals surface area contributed by atoms with Crippen molar-refractivity contribution in [2.24, 2.45) is 0 Å². The molecule has 2 aliphatic heterocycles. The maximum Gasteiger partial charge on any atom is 0.0583 e. The number of allylic oxidation sites excluding steroid dienone is 1. The van der Waals surface area contributed by atoms with Crippen molar-refractivity contribution in [2.75, 3.05) is 0 Å². The summed E-state index contributed by atoms with van der Waals surface area (Å²) < 4.78 is 10.0. The number of benzene rings is 8.